The van der Waals surface area contributed by atoms with Gasteiger partial charge in [-0.3, -0.25) is 9.67 Å². The minimum Gasteiger partial charge on any atom is -0.327 e. The lowest BCUT2D eigenvalue weighted by molar-refractivity contribution is 0.768. The highest BCUT2D eigenvalue weighted by Crippen LogP contribution is 2.28. The molecule has 0 bridgehead atoms. The molecule has 6 heteroatoms. The number of hydrogen-bond acceptors (Lipinski definition) is 3. The summed E-state index contributed by atoms with van der Waals surface area (Å²) in [6.07, 6.45) is 7.45. The Balaban J connectivity index is 1.86. The van der Waals surface area contributed by atoms with Gasteiger partial charge in [0, 0.05) is 54.4 Å². The Bertz CT molecular complexity index is 1010. The Morgan fingerprint density at radius 3 is 2.57 bits per heavy atom. The maximum Gasteiger partial charge on any atom is 0.142 e. The number of imidazole rings is 1. The topological polar surface area (TPSA) is 48.5 Å². The maximum absolute atomic E-state index is 6.09. The van der Waals surface area contributed by atoms with E-state index in [-0.39, 0.29) is 0 Å². The number of pyridine rings is 1. The lowest BCUT2D eigenvalue weighted by atomic mass is 10.1. The number of halogens is 1. The largest absolute Gasteiger partial charge is 0.327 e. The fourth-order valence-corrected chi connectivity index (χ4v) is 2.88. The fourth-order valence-electron chi connectivity index (χ4n) is 2.71. The van der Waals surface area contributed by atoms with E-state index in [1.807, 2.05) is 61.6 Å². The molecule has 0 saturated heterocycles. The van der Waals surface area contributed by atoms with E-state index in [1.54, 1.807) is 4.68 Å². The zero-order valence-corrected chi connectivity index (χ0v) is 13.5. The number of aromatic nitrogens is 5. The molecular formula is C17H14ClN5. The molecule has 0 spiro atoms. The molecule has 23 heavy (non-hydrogen) atoms. The van der Waals surface area contributed by atoms with Crippen LogP contribution in [0.1, 0.15) is 0 Å². The fraction of sp³-hybridized carbons (Fsp3) is 0.118. The van der Waals surface area contributed by atoms with Crippen molar-refractivity contribution in [2.75, 3.05) is 0 Å². The summed E-state index contributed by atoms with van der Waals surface area (Å²) in [6, 6.07) is 7.78. The standard InChI is InChI=1S/C17H14ClN5/c1-22-10-13(9-20-22)11-5-12(8-19-7-11)17-21-15-4-3-14(18)6-16(15)23(17)2/h3-10H,1-2H3. The van der Waals surface area contributed by atoms with Crippen LogP contribution in [0.4, 0.5) is 0 Å². The minimum atomic E-state index is 0.703. The van der Waals surface area contributed by atoms with Gasteiger partial charge in [-0.15, -0.1) is 0 Å². The Kier molecular flexibility index (Phi) is 3.16. The van der Waals surface area contributed by atoms with Crippen LogP contribution in [0, 0.1) is 0 Å². The molecule has 1 aromatic carbocycles. The van der Waals surface area contributed by atoms with Gasteiger partial charge in [0.2, 0.25) is 0 Å². The van der Waals surface area contributed by atoms with Crippen molar-refractivity contribution in [3.63, 3.8) is 0 Å². The van der Waals surface area contributed by atoms with Crippen molar-refractivity contribution in [3.05, 3.63) is 54.1 Å². The van der Waals surface area contributed by atoms with Gasteiger partial charge in [0.15, 0.2) is 0 Å². The van der Waals surface area contributed by atoms with Gasteiger partial charge in [0.05, 0.1) is 17.2 Å². The van der Waals surface area contributed by atoms with E-state index in [0.29, 0.717) is 5.02 Å². The molecule has 0 saturated carbocycles. The molecule has 3 aromatic heterocycles. The van der Waals surface area contributed by atoms with Gasteiger partial charge in [-0.1, -0.05) is 11.6 Å². The van der Waals surface area contributed by atoms with Crippen molar-refractivity contribution in [1.29, 1.82) is 0 Å². The van der Waals surface area contributed by atoms with Gasteiger partial charge < -0.3 is 4.57 Å². The van der Waals surface area contributed by atoms with Crippen LogP contribution in [0.25, 0.3) is 33.5 Å². The molecule has 0 aliphatic carbocycles. The molecule has 0 unspecified atom stereocenters. The summed E-state index contributed by atoms with van der Waals surface area (Å²) in [7, 11) is 3.88. The van der Waals surface area contributed by atoms with E-state index in [2.05, 4.69) is 16.1 Å². The molecule has 3 heterocycles. The summed E-state index contributed by atoms with van der Waals surface area (Å²) in [5.74, 6) is 0.862. The van der Waals surface area contributed by atoms with Crippen LogP contribution in [-0.2, 0) is 14.1 Å². The van der Waals surface area contributed by atoms with Gasteiger partial charge >= 0.3 is 0 Å². The van der Waals surface area contributed by atoms with Gasteiger partial charge in [-0.05, 0) is 24.3 Å². The SMILES string of the molecule is Cn1cc(-c2cncc(-c3nc4ccc(Cl)cc4n3C)c2)cn1. The van der Waals surface area contributed by atoms with E-state index in [9.17, 15) is 0 Å². The number of aryl methyl sites for hydroxylation is 2. The average Bonchev–Trinajstić information content (AvgIpc) is 3.12. The summed E-state index contributed by atoms with van der Waals surface area (Å²) in [4.78, 5) is 9.07. The highest BCUT2D eigenvalue weighted by Gasteiger charge is 2.12. The molecule has 0 radical (unpaired) electrons. The third-order valence-corrected chi connectivity index (χ3v) is 4.11. The first-order valence-corrected chi connectivity index (χ1v) is 7.56. The van der Waals surface area contributed by atoms with Gasteiger partial charge in [-0.25, -0.2) is 4.98 Å². The zero-order valence-electron chi connectivity index (χ0n) is 12.7. The number of nitrogens with zero attached hydrogens (tertiary/aromatic N) is 5. The summed E-state index contributed by atoms with van der Waals surface area (Å²) in [5.41, 5.74) is 4.92. The monoisotopic (exact) mass is 323 g/mol. The highest BCUT2D eigenvalue weighted by atomic mass is 35.5. The molecule has 4 aromatic rings. The molecule has 0 fully saturated rings. The lowest BCUT2D eigenvalue weighted by Crippen LogP contribution is -1.93. The van der Waals surface area contributed by atoms with Crippen LogP contribution in [-0.4, -0.2) is 24.3 Å². The van der Waals surface area contributed by atoms with Crippen LogP contribution in [0.15, 0.2) is 49.1 Å². The third-order valence-electron chi connectivity index (χ3n) is 3.88. The quantitative estimate of drug-likeness (QED) is 0.565. The predicted molar refractivity (Wildman–Crippen MR) is 91.2 cm³/mol. The van der Waals surface area contributed by atoms with Crippen LogP contribution >= 0.6 is 11.6 Å². The summed E-state index contributed by atoms with van der Waals surface area (Å²) in [6.45, 7) is 0. The minimum absolute atomic E-state index is 0.703. The Morgan fingerprint density at radius 1 is 0.957 bits per heavy atom. The Hall–Kier alpha value is -2.66. The maximum atomic E-state index is 6.09. The first kappa shape index (κ1) is 14.0. The first-order chi connectivity index (χ1) is 11.1. The first-order valence-electron chi connectivity index (χ1n) is 7.18. The molecule has 0 amide bonds. The smallest absolute Gasteiger partial charge is 0.142 e. The third kappa shape index (κ3) is 2.39. The molecule has 4 rings (SSSR count). The summed E-state index contributed by atoms with van der Waals surface area (Å²) < 4.78 is 3.81. The molecule has 5 nitrogen and oxygen atoms in total. The molecule has 0 aliphatic rings. The number of rotatable bonds is 2. The van der Waals surface area contributed by atoms with E-state index >= 15 is 0 Å². The van der Waals surface area contributed by atoms with Crippen LogP contribution in [0.5, 0.6) is 0 Å². The molecular weight excluding hydrogens is 310 g/mol. The van der Waals surface area contributed by atoms with E-state index in [0.717, 1.165) is 33.5 Å². The van der Waals surface area contributed by atoms with E-state index < -0.39 is 0 Å². The molecule has 0 atom stereocenters. The van der Waals surface area contributed by atoms with E-state index in [4.69, 9.17) is 16.6 Å². The summed E-state index contributed by atoms with van der Waals surface area (Å²) >= 11 is 6.09. The second-order valence-corrected chi connectivity index (χ2v) is 5.93. The van der Waals surface area contributed by atoms with Crippen molar-refractivity contribution in [2.24, 2.45) is 14.1 Å². The molecule has 114 valence electrons. The van der Waals surface area contributed by atoms with Crippen LogP contribution in [0.2, 0.25) is 5.02 Å². The van der Waals surface area contributed by atoms with Crippen molar-refractivity contribution in [2.45, 2.75) is 0 Å². The van der Waals surface area contributed by atoms with Gasteiger partial charge in [0.1, 0.15) is 5.82 Å². The van der Waals surface area contributed by atoms with Crippen molar-refractivity contribution in [1.82, 2.24) is 24.3 Å². The van der Waals surface area contributed by atoms with Crippen LogP contribution < -0.4 is 0 Å². The zero-order chi connectivity index (χ0) is 16.0. The number of fused-ring (bicyclic) bond motifs is 1. The second-order valence-electron chi connectivity index (χ2n) is 5.49. The van der Waals surface area contributed by atoms with Crippen LogP contribution in [0.3, 0.4) is 0 Å². The van der Waals surface area contributed by atoms with Crippen molar-refractivity contribution < 1.29 is 0 Å². The predicted octanol–water partition coefficient (Wildman–Crippen LogP) is 3.69. The Morgan fingerprint density at radius 2 is 1.78 bits per heavy atom. The molecule has 0 aliphatic heterocycles. The van der Waals surface area contributed by atoms with Crippen molar-refractivity contribution >= 4 is 22.6 Å². The number of hydrogen-bond donors (Lipinski definition) is 0. The van der Waals surface area contributed by atoms with E-state index in [1.165, 1.54) is 0 Å². The number of benzene rings is 1. The average molecular weight is 324 g/mol. The van der Waals surface area contributed by atoms with Gasteiger partial charge in [0.25, 0.3) is 0 Å². The summed E-state index contributed by atoms with van der Waals surface area (Å²) in [5, 5.41) is 4.91. The normalized spacial score (nSPS) is 11.3. The highest BCUT2D eigenvalue weighted by molar-refractivity contribution is 6.31. The Labute approximate surface area is 138 Å². The lowest BCUT2D eigenvalue weighted by Gasteiger charge is -2.04. The van der Waals surface area contributed by atoms with Gasteiger partial charge in [-0.2, -0.15) is 5.10 Å². The van der Waals surface area contributed by atoms with Crippen molar-refractivity contribution in [3.8, 4) is 22.5 Å². The molecule has 0 N–H and O–H groups in total. The second kappa shape index (κ2) is 5.21.